The van der Waals surface area contributed by atoms with E-state index in [9.17, 15) is 13.2 Å². The number of pyridine rings is 1. The molecule has 1 aromatic heterocycles. The average Bonchev–Trinajstić information content (AvgIpc) is 2.71. The van der Waals surface area contributed by atoms with Gasteiger partial charge in [0.05, 0.1) is 15.5 Å². The van der Waals surface area contributed by atoms with Gasteiger partial charge < -0.3 is 10.1 Å². The monoisotopic (exact) mass is 430 g/mol. The molecule has 2 aromatic carbocycles. The molecule has 1 N–H and O–H groups in total. The number of nitrogens with one attached hydrogen (secondary N) is 1. The third-order valence-electron chi connectivity index (χ3n) is 4.12. The topological polar surface area (TPSA) is 85.4 Å². The Morgan fingerprint density at radius 1 is 1.10 bits per heavy atom. The quantitative estimate of drug-likeness (QED) is 0.618. The molecule has 1 heterocycles. The van der Waals surface area contributed by atoms with Gasteiger partial charge in [0, 0.05) is 30.8 Å². The number of benzene rings is 2. The lowest BCUT2D eigenvalue weighted by atomic mass is 10.2. The summed E-state index contributed by atoms with van der Waals surface area (Å²) in [5.41, 5.74) is 1.95. The summed E-state index contributed by atoms with van der Waals surface area (Å²) in [5, 5.41) is 2.93. The van der Waals surface area contributed by atoms with E-state index in [4.69, 9.17) is 16.3 Å². The molecule has 3 rings (SSSR count). The van der Waals surface area contributed by atoms with E-state index in [1.54, 1.807) is 12.4 Å². The molecule has 0 unspecified atom stereocenters. The first-order valence-corrected chi connectivity index (χ1v) is 11.0. The Morgan fingerprint density at radius 3 is 2.52 bits per heavy atom. The maximum absolute atomic E-state index is 12.4. The zero-order valence-corrected chi connectivity index (χ0v) is 17.2. The van der Waals surface area contributed by atoms with Gasteiger partial charge in [0.15, 0.2) is 9.84 Å². The number of sulfone groups is 1. The van der Waals surface area contributed by atoms with Gasteiger partial charge in [0.1, 0.15) is 12.4 Å². The highest BCUT2D eigenvalue weighted by molar-refractivity contribution is 7.90. The molecule has 1 amide bonds. The predicted molar refractivity (Wildman–Crippen MR) is 111 cm³/mol. The smallest absolute Gasteiger partial charge is 0.253 e. The van der Waals surface area contributed by atoms with Crippen LogP contribution in [0.1, 0.15) is 21.5 Å². The summed E-state index contributed by atoms with van der Waals surface area (Å²) in [6.07, 6.45) is 4.53. The highest BCUT2D eigenvalue weighted by Gasteiger charge is 2.15. The average molecular weight is 431 g/mol. The number of hydrogen-bond acceptors (Lipinski definition) is 5. The van der Waals surface area contributed by atoms with Crippen molar-refractivity contribution >= 4 is 27.3 Å². The summed E-state index contributed by atoms with van der Waals surface area (Å²) in [6, 6.07) is 15.1. The number of ether oxygens (including phenoxy) is 1. The van der Waals surface area contributed by atoms with Crippen molar-refractivity contribution in [2.24, 2.45) is 0 Å². The maximum atomic E-state index is 12.4. The van der Waals surface area contributed by atoms with Crippen molar-refractivity contribution in [3.63, 3.8) is 0 Å². The molecule has 0 bridgehead atoms. The highest BCUT2D eigenvalue weighted by atomic mass is 35.5. The van der Waals surface area contributed by atoms with Gasteiger partial charge >= 0.3 is 0 Å². The van der Waals surface area contributed by atoms with E-state index in [-0.39, 0.29) is 22.0 Å². The molecule has 0 fully saturated rings. The van der Waals surface area contributed by atoms with Gasteiger partial charge in [-0.3, -0.25) is 9.78 Å². The summed E-state index contributed by atoms with van der Waals surface area (Å²) in [4.78, 5) is 16.5. The Morgan fingerprint density at radius 2 is 1.86 bits per heavy atom. The van der Waals surface area contributed by atoms with Crippen molar-refractivity contribution in [3.8, 4) is 5.75 Å². The lowest BCUT2D eigenvalue weighted by Gasteiger charge is -2.10. The van der Waals surface area contributed by atoms with Crippen molar-refractivity contribution < 1.29 is 17.9 Å². The van der Waals surface area contributed by atoms with E-state index in [2.05, 4.69) is 10.3 Å². The van der Waals surface area contributed by atoms with Crippen molar-refractivity contribution in [1.29, 1.82) is 0 Å². The number of carbonyl (C=O) groups is 1. The van der Waals surface area contributed by atoms with E-state index < -0.39 is 15.7 Å². The molecule has 0 aliphatic heterocycles. The Hall–Kier alpha value is -2.90. The predicted octanol–water partition coefficient (Wildman–Crippen LogP) is 3.65. The second kappa shape index (κ2) is 9.07. The first kappa shape index (κ1) is 20.8. The zero-order chi connectivity index (χ0) is 20.9. The molecular weight excluding hydrogens is 412 g/mol. The van der Waals surface area contributed by atoms with E-state index in [0.29, 0.717) is 12.4 Å². The fourth-order valence-electron chi connectivity index (χ4n) is 2.54. The zero-order valence-electron chi connectivity index (χ0n) is 15.6. The normalized spacial score (nSPS) is 11.1. The number of hydrogen-bond donors (Lipinski definition) is 1. The van der Waals surface area contributed by atoms with Gasteiger partial charge in [-0.25, -0.2) is 8.42 Å². The lowest BCUT2D eigenvalue weighted by Crippen LogP contribution is -2.23. The molecule has 0 spiro atoms. The summed E-state index contributed by atoms with van der Waals surface area (Å²) in [5.74, 6) is 0.255. The number of aromatic nitrogens is 1. The Balaban J connectivity index is 1.59. The van der Waals surface area contributed by atoms with Crippen LogP contribution in [0.15, 0.2) is 71.9 Å². The highest BCUT2D eigenvalue weighted by Crippen LogP contribution is 2.21. The van der Waals surface area contributed by atoms with Gasteiger partial charge in [-0.05, 0) is 42.0 Å². The molecule has 8 heteroatoms. The molecule has 3 aromatic rings. The standard InChI is InChI=1S/C21H19ClN2O4S/c1-29(26,27)18-8-9-20(22)19(11-18)21(25)24-13-15-4-6-17(7-5-15)28-14-16-3-2-10-23-12-16/h2-12H,13-14H2,1H3,(H,24,25). The number of nitrogens with zero attached hydrogens (tertiary/aromatic N) is 1. The summed E-state index contributed by atoms with van der Waals surface area (Å²) in [7, 11) is -3.43. The first-order chi connectivity index (χ1) is 13.8. The van der Waals surface area contributed by atoms with Crippen LogP contribution in [-0.2, 0) is 23.0 Å². The summed E-state index contributed by atoms with van der Waals surface area (Å²) < 4.78 is 29.1. The minimum Gasteiger partial charge on any atom is -0.489 e. The van der Waals surface area contributed by atoms with Gasteiger partial charge in [0.25, 0.3) is 5.91 Å². The number of carbonyl (C=O) groups excluding carboxylic acids is 1. The number of rotatable bonds is 7. The van der Waals surface area contributed by atoms with Crippen LogP contribution in [-0.4, -0.2) is 25.6 Å². The van der Waals surface area contributed by atoms with Crippen LogP contribution in [0, 0.1) is 0 Å². The Kier molecular flexibility index (Phi) is 6.51. The van der Waals surface area contributed by atoms with Crippen LogP contribution in [0.5, 0.6) is 5.75 Å². The third-order valence-corrected chi connectivity index (χ3v) is 5.56. The number of amides is 1. The van der Waals surface area contributed by atoms with E-state index in [1.165, 1.54) is 18.2 Å². The van der Waals surface area contributed by atoms with Crippen molar-refractivity contribution in [2.45, 2.75) is 18.0 Å². The molecule has 6 nitrogen and oxygen atoms in total. The van der Waals surface area contributed by atoms with Crippen molar-refractivity contribution in [2.75, 3.05) is 6.26 Å². The van der Waals surface area contributed by atoms with Crippen LogP contribution in [0.25, 0.3) is 0 Å². The van der Waals surface area contributed by atoms with E-state index >= 15 is 0 Å². The summed E-state index contributed by atoms with van der Waals surface area (Å²) >= 11 is 6.05. The van der Waals surface area contributed by atoms with Gasteiger partial charge in [-0.1, -0.05) is 29.8 Å². The van der Waals surface area contributed by atoms with Crippen LogP contribution >= 0.6 is 11.6 Å². The molecule has 0 saturated carbocycles. The fraction of sp³-hybridized carbons (Fsp3) is 0.143. The van der Waals surface area contributed by atoms with Crippen molar-refractivity contribution in [1.82, 2.24) is 10.3 Å². The fourth-order valence-corrected chi connectivity index (χ4v) is 3.39. The molecule has 0 aliphatic carbocycles. The third kappa shape index (κ3) is 5.79. The first-order valence-electron chi connectivity index (χ1n) is 8.71. The minimum absolute atomic E-state index is 0.0437. The lowest BCUT2D eigenvalue weighted by molar-refractivity contribution is 0.0951. The van der Waals surface area contributed by atoms with Gasteiger partial charge in [-0.2, -0.15) is 0 Å². The second-order valence-electron chi connectivity index (χ2n) is 6.39. The van der Waals surface area contributed by atoms with E-state index in [0.717, 1.165) is 17.4 Å². The largest absolute Gasteiger partial charge is 0.489 e. The van der Waals surface area contributed by atoms with Gasteiger partial charge in [0.2, 0.25) is 0 Å². The molecular formula is C21H19ClN2O4S. The van der Waals surface area contributed by atoms with Crippen LogP contribution in [0.3, 0.4) is 0 Å². The SMILES string of the molecule is CS(=O)(=O)c1ccc(Cl)c(C(=O)NCc2ccc(OCc3cccnc3)cc2)c1. The van der Waals surface area contributed by atoms with Gasteiger partial charge in [-0.15, -0.1) is 0 Å². The summed E-state index contributed by atoms with van der Waals surface area (Å²) in [6.45, 7) is 0.681. The molecule has 0 radical (unpaired) electrons. The van der Waals surface area contributed by atoms with Crippen molar-refractivity contribution in [3.05, 3.63) is 88.7 Å². The molecule has 0 aliphatic rings. The van der Waals surface area contributed by atoms with E-state index in [1.807, 2.05) is 36.4 Å². The van der Waals surface area contributed by atoms with Crippen LogP contribution in [0.2, 0.25) is 5.02 Å². The Bertz CT molecular complexity index is 1100. The second-order valence-corrected chi connectivity index (χ2v) is 8.81. The van der Waals surface area contributed by atoms with Crippen LogP contribution in [0.4, 0.5) is 0 Å². The minimum atomic E-state index is -3.43. The maximum Gasteiger partial charge on any atom is 0.253 e. The molecule has 150 valence electrons. The van der Waals surface area contributed by atoms with Crippen LogP contribution < -0.4 is 10.1 Å². The Labute approximate surface area is 174 Å². The molecule has 0 atom stereocenters. The molecule has 29 heavy (non-hydrogen) atoms. The number of halogens is 1. The molecule has 0 saturated heterocycles.